The predicted octanol–water partition coefficient (Wildman–Crippen LogP) is 4.96. The molecule has 0 unspecified atom stereocenters. The third kappa shape index (κ3) is 4.51. The fraction of sp³-hybridized carbons (Fsp3) is 0.0625. The molecule has 0 radical (unpaired) electrons. The molecule has 0 amide bonds. The number of ether oxygens (including phenoxy) is 2. The van der Waals surface area contributed by atoms with Crippen LogP contribution < -0.4 is 4.74 Å². The lowest BCUT2D eigenvalue weighted by atomic mass is 10.2. The smallest absolute Gasteiger partial charge is 0.340 e. The quantitative estimate of drug-likeness (QED) is 0.255. The van der Waals surface area contributed by atoms with E-state index in [4.69, 9.17) is 21.9 Å². The van der Waals surface area contributed by atoms with E-state index >= 15 is 0 Å². The van der Waals surface area contributed by atoms with Crippen molar-refractivity contribution in [2.75, 3.05) is 7.11 Å². The summed E-state index contributed by atoms with van der Waals surface area (Å²) in [7, 11) is 1.20. The molecule has 0 atom stereocenters. The Kier molecular flexibility index (Phi) is 5.63. The molecule has 0 heterocycles. The van der Waals surface area contributed by atoms with E-state index in [-0.39, 0.29) is 5.70 Å². The number of methoxy groups -OCH3 is 1. The third-order valence-corrected chi connectivity index (χ3v) is 3.12. The Hall–Kier alpha value is -2.95. The van der Waals surface area contributed by atoms with Crippen molar-refractivity contribution in [1.29, 1.82) is 0 Å². The minimum absolute atomic E-state index is 0.186. The molecule has 116 valence electrons. The first kappa shape index (κ1) is 16.4. The molecule has 23 heavy (non-hydrogen) atoms. The number of esters is 1. The van der Waals surface area contributed by atoms with Gasteiger partial charge in [-0.1, -0.05) is 34.9 Å². The molecule has 2 aromatic rings. The first-order chi connectivity index (χ1) is 11.1. The van der Waals surface area contributed by atoms with Crippen molar-refractivity contribution in [3.8, 4) is 11.5 Å². The van der Waals surface area contributed by atoms with E-state index in [1.807, 2.05) is 30.3 Å². The first-order valence-electron chi connectivity index (χ1n) is 6.51. The van der Waals surface area contributed by atoms with Crippen molar-refractivity contribution < 1.29 is 14.3 Å². The van der Waals surface area contributed by atoms with Gasteiger partial charge in [-0.2, -0.15) is 0 Å². The zero-order chi connectivity index (χ0) is 16.7. The maximum absolute atomic E-state index is 11.5. The van der Waals surface area contributed by atoms with E-state index in [0.717, 1.165) is 0 Å². The van der Waals surface area contributed by atoms with E-state index in [0.29, 0.717) is 22.1 Å². The Bertz CT molecular complexity index is 784. The average molecular weight is 330 g/mol. The second-order valence-corrected chi connectivity index (χ2v) is 4.72. The van der Waals surface area contributed by atoms with Crippen LogP contribution in [0.5, 0.6) is 11.5 Å². The summed E-state index contributed by atoms with van der Waals surface area (Å²) in [6.07, 6.45) is 1.35. The van der Waals surface area contributed by atoms with Crippen LogP contribution in [-0.2, 0) is 9.53 Å². The van der Waals surface area contributed by atoms with E-state index < -0.39 is 5.97 Å². The monoisotopic (exact) mass is 329 g/mol. The summed E-state index contributed by atoms with van der Waals surface area (Å²) in [5, 5.41) is 3.64. The van der Waals surface area contributed by atoms with Gasteiger partial charge < -0.3 is 9.47 Å². The minimum Gasteiger partial charge on any atom is -0.466 e. The van der Waals surface area contributed by atoms with E-state index in [9.17, 15) is 4.79 Å². The van der Waals surface area contributed by atoms with Crippen LogP contribution in [0.15, 0.2) is 59.3 Å². The highest BCUT2D eigenvalue weighted by Crippen LogP contribution is 2.28. The standard InChI is InChI=1S/C16H12ClN3O3/c1-22-16(21)15(19-20-18)9-11-7-8-13(10-14(11)17)23-12-5-3-2-4-6-12/h2-10H,1H3/b15-9-. The van der Waals surface area contributed by atoms with Crippen LogP contribution >= 0.6 is 11.6 Å². The van der Waals surface area contributed by atoms with E-state index in [2.05, 4.69) is 14.8 Å². The van der Waals surface area contributed by atoms with Gasteiger partial charge in [0.25, 0.3) is 0 Å². The highest BCUT2D eigenvalue weighted by molar-refractivity contribution is 6.32. The highest BCUT2D eigenvalue weighted by Gasteiger charge is 2.09. The van der Waals surface area contributed by atoms with Gasteiger partial charge in [0.2, 0.25) is 0 Å². The van der Waals surface area contributed by atoms with Crippen LogP contribution in [0.1, 0.15) is 5.56 Å². The first-order valence-corrected chi connectivity index (χ1v) is 6.89. The molecule has 0 saturated heterocycles. The number of nitrogens with zero attached hydrogens (tertiary/aromatic N) is 3. The Morgan fingerprint density at radius 1 is 1.22 bits per heavy atom. The van der Waals surface area contributed by atoms with Gasteiger partial charge in [0.05, 0.1) is 12.1 Å². The van der Waals surface area contributed by atoms with Crippen molar-refractivity contribution in [2.24, 2.45) is 5.11 Å². The van der Waals surface area contributed by atoms with Gasteiger partial charge in [0, 0.05) is 4.91 Å². The molecule has 0 N–H and O–H groups in total. The molecular weight excluding hydrogens is 318 g/mol. The van der Waals surface area contributed by atoms with Gasteiger partial charge >= 0.3 is 5.97 Å². The number of azide groups is 1. The van der Waals surface area contributed by atoms with Crippen LogP contribution in [0.25, 0.3) is 16.5 Å². The summed E-state index contributed by atoms with van der Waals surface area (Å²) >= 11 is 6.18. The SMILES string of the molecule is COC(=O)/C(=C/c1ccc(Oc2ccccc2)cc1Cl)N=[N+]=[N-]. The summed E-state index contributed by atoms with van der Waals surface area (Å²) < 4.78 is 10.2. The van der Waals surface area contributed by atoms with Crippen molar-refractivity contribution >= 4 is 23.6 Å². The van der Waals surface area contributed by atoms with Crippen LogP contribution in [0, 0.1) is 0 Å². The molecule has 6 nitrogen and oxygen atoms in total. The Morgan fingerprint density at radius 3 is 2.57 bits per heavy atom. The molecule has 0 aliphatic rings. The molecule has 2 aromatic carbocycles. The molecule has 2 rings (SSSR count). The van der Waals surface area contributed by atoms with Gasteiger partial charge in [0.1, 0.15) is 17.2 Å². The molecule has 7 heteroatoms. The summed E-state index contributed by atoms with van der Waals surface area (Å²) in [5.41, 5.74) is 8.81. The number of rotatable bonds is 5. The van der Waals surface area contributed by atoms with Crippen molar-refractivity contribution in [1.82, 2.24) is 0 Å². The fourth-order valence-electron chi connectivity index (χ4n) is 1.74. The predicted molar refractivity (Wildman–Crippen MR) is 87.1 cm³/mol. The number of hydrogen-bond acceptors (Lipinski definition) is 4. The molecule has 0 aromatic heterocycles. The number of halogens is 1. The highest BCUT2D eigenvalue weighted by atomic mass is 35.5. The molecule has 0 aliphatic carbocycles. The fourth-order valence-corrected chi connectivity index (χ4v) is 1.97. The van der Waals surface area contributed by atoms with Crippen LogP contribution in [-0.4, -0.2) is 13.1 Å². The van der Waals surface area contributed by atoms with Gasteiger partial charge in [-0.15, -0.1) is 0 Å². The third-order valence-electron chi connectivity index (χ3n) is 2.79. The largest absolute Gasteiger partial charge is 0.466 e. The topological polar surface area (TPSA) is 84.3 Å². The number of hydrogen-bond donors (Lipinski definition) is 0. The summed E-state index contributed by atoms with van der Waals surface area (Å²) in [6.45, 7) is 0. The van der Waals surface area contributed by atoms with Crippen molar-refractivity contribution in [3.05, 3.63) is 75.3 Å². The summed E-state index contributed by atoms with van der Waals surface area (Å²) in [6, 6.07) is 14.2. The Labute approximate surface area is 137 Å². The van der Waals surface area contributed by atoms with Crippen LogP contribution in [0.3, 0.4) is 0 Å². The maximum Gasteiger partial charge on any atom is 0.340 e. The average Bonchev–Trinajstić information content (AvgIpc) is 2.57. The summed E-state index contributed by atoms with van der Waals surface area (Å²) in [4.78, 5) is 14.1. The van der Waals surface area contributed by atoms with Gasteiger partial charge in [0.15, 0.2) is 0 Å². The van der Waals surface area contributed by atoms with Crippen molar-refractivity contribution in [3.63, 3.8) is 0 Å². The Balaban J connectivity index is 2.28. The second-order valence-electron chi connectivity index (χ2n) is 4.31. The maximum atomic E-state index is 11.5. The lowest BCUT2D eigenvalue weighted by Gasteiger charge is -2.07. The lowest BCUT2D eigenvalue weighted by Crippen LogP contribution is -2.02. The van der Waals surface area contributed by atoms with Gasteiger partial charge in [-0.25, -0.2) is 4.79 Å². The number of benzene rings is 2. The van der Waals surface area contributed by atoms with E-state index in [1.165, 1.54) is 13.2 Å². The molecule has 0 fully saturated rings. The lowest BCUT2D eigenvalue weighted by molar-refractivity contribution is -0.136. The van der Waals surface area contributed by atoms with Crippen LogP contribution in [0.4, 0.5) is 0 Å². The second kappa shape index (κ2) is 7.89. The molecular formula is C16H12ClN3O3. The summed E-state index contributed by atoms with van der Waals surface area (Å²) in [5.74, 6) is 0.474. The normalized spacial score (nSPS) is 10.6. The molecule has 0 aliphatic heterocycles. The zero-order valence-electron chi connectivity index (χ0n) is 12.1. The molecule has 0 spiro atoms. The zero-order valence-corrected chi connectivity index (χ0v) is 12.9. The molecule has 0 bridgehead atoms. The van der Waals surface area contributed by atoms with Gasteiger partial charge in [-0.05, 0) is 47.5 Å². The number of carbonyl (C=O) groups is 1. The van der Waals surface area contributed by atoms with Crippen LogP contribution in [0.2, 0.25) is 5.02 Å². The van der Waals surface area contributed by atoms with Gasteiger partial charge in [-0.3, -0.25) is 0 Å². The van der Waals surface area contributed by atoms with E-state index in [1.54, 1.807) is 18.2 Å². The minimum atomic E-state index is -0.747. The number of carbonyl (C=O) groups excluding carboxylic acids is 1. The number of para-hydroxylation sites is 1. The Morgan fingerprint density at radius 2 is 1.96 bits per heavy atom. The molecule has 0 saturated carbocycles. The van der Waals surface area contributed by atoms with Crippen molar-refractivity contribution in [2.45, 2.75) is 0 Å².